The van der Waals surface area contributed by atoms with Crippen molar-refractivity contribution in [1.82, 2.24) is 15.0 Å². The lowest BCUT2D eigenvalue weighted by atomic mass is 10.2. The fraction of sp³-hybridized carbons (Fsp3) is 0.727. The van der Waals surface area contributed by atoms with E-state index in [4.69, 9.17) is 14.4 Å². The van der Waals surface area contributed by atoms with Gasteiger partial charge < -0.3 is 30.3 Å². The van der Waals surface area contributed by atoms with Crippen LogP contribution in [0.1, 0.15) is 25.7 Å². The Kier molecular flexibility index (Phi) is 7.29. The molecule has 9 nitrogen and oxygen atoms in total. The van der Waals surface area contributed by atoms with Crippen LogP contribution in [0.4, 0.5) is 17.8 Å². The molecule has 0 bridgehead atoms. The molecule has 0 saturated heterocycles. The topological polar surface area (TPSA) is 135 Å². The zero-order chi connectivity index (χ0) is 15.7. The molecule has 10 heteroatoms. The minimum absolute atomic E-state index is 0.102. The van der Waals surface area contributed by atoms with Crippen LogP contribution in [0.15, 0.2) is 0 Å². The minimum atomic E-state index is -3.86. The molecule has 0 spiro atoms. The Morgan fingerprint density at radius 2 is 1.33 bits per heavy atom. The minimum Gasteiger partial charge on any atom is -0.390 e. The van der Waals surface area contributed by atoms with Crippen LogP contribution >= 0.6 is 0 Å². The van der Waals surface area contributed by atoms with E-state index in [1.165, 1.54) is 0 Å². The van der Waals surface area contributed by atoms with Gasteiger partial charge in [0.05, 0.1) is 0 Å². The number of nitrogens with zero attached hydrogens (tertiary/aromatic N) is 3. The Hall–Kier alpha value is -1.49. The van der Waals surface area contributed by atoms with Gasteiger partial charge in [-0.3, -0.25) is 0 Å². The molecule has 0 unspecified atom stereocenters. The highest BCUT2D eigenvalue weighted by atomic mass is 28.4. The maximum absolute atomic E-state index is 8.87. The third-order valence-corrected chi connectivity index (χ3v) is 3.83. The predicted molar refractivity (Wildman–Crippen MR) is 83.1 cm³/mol. The van der Waals surface area contributed by atoms with E-state index in [2.05, 4.69) is 30.9 Å². The van der Waals surface area contributed by atoms with Gasteiger partial charge in [0.2, 0.25) is 17.8 Å². The van der Waals surface area contributed by atoms with Crippen LogP contribution in [0.5, 0.6) is 0 Å². The third-order valence-electron chi connectivity index (χ3n) is 2.80. The number of hydrogen-bond donors (Lipinski definition) is 6. The number of nitrogens with one attached hydrogen (secondary N) is 3. The largest absolute Gasteiger partial charge is 0.492 e. The number of anilines is 3. The van der Waals surface area contributed by atoms with E-state index in [1.807, 2.05) is 0 Å². The summed E-state index contributed by atoms with van der Waals surface area (Å²) < 4.78 is 0. The maximum Gasteiger partial charge on any atom is 0.492 e. The first kappa shape index (κ1) is 17.6. The van der Waals surface area contributed by atoms with E-state index < -0.39 is 8.80 Å². The Morgan fingerprint density at radius 1 is 0.810 bits per heavy atom. The first-order valence-electron chi connectivity index (χ1n) is 6.97. The van der Waals surface area contributed by atoms with Crippen molar-refractivity contribution >= 4 is 26.6 Å². The molecule has 0 radical (unpaired) electrons. The fourth-order valence-corrected chi connectivity index (χ4v) is 2.44. The molecule has 0 aliphatic rings. The standard InChI is InChI=1S/C11H24N6O3Si/c1-12-9-15-10(13-2)17-11(16-9)14-7-5-3-4-6-8-21(18,19)20/h18-20H,3-8H2,1-2H3,(H3,12,13,14,15,16,17). The average molecular weight is 316 g/mol. The van der Waals surface area contributed by atoms with Crippen molar-refractivity contribution in [1.29, 1.82) is 0 Å². The first-order chi connectivity index (χ1) is 9.94. The van der Waals surface area contributed by atoms with Crippen molar-refractivity contribution < 1.29 is 14.4 Å². The Morgan fingerprint density at radius 3 is 1.86 bits per heavy atom. The van der Waals surface area contributed by atoms with Gasteiger partial charge in [-0.05, 0) is 12.8 Å². The summed E-state index contributed by atoms with van der Waals surface area (Å²) in [5, 5.41) is 8.85. The summed E-state index contributed by atoms with van der Waals surface area (Å²) in [4.78, 5) is 39.1. The molecule has 120 valence electrons. The van der Waals surface area contributed by atoms with Gasteiger partial charge >= 0.3 is 8.80 Å². The molecule has 1 heterocycles. The zero-order valence-electron chi connectivity index (χ0n) is 12.4. The number of hydrogen-bond acceptors (Lipinski definition) is 9. The summed E-state index contributed by atoms with van der Waals surface area (Å²) in [7, 11) is -0.373. The van der Waals surface area contributed by atoms with Gasteiger partial charge in [-0.25, -0.2) is 0 Å². The van der Waals surface area contributed by atoms with Crippen LogP contribution < -0.4 is 16.0 Å². The predicted octanol–water partition coefficient (Wildman–Crippen LogP) is -0.157. The van der Waals surface area contributed by atoms with E-state index in [0.29, 0.717) is 24.3 Å². The van der Waals surface area contributed by atoms with Crippen molar-refractivity contribution in [2.75, 3.05) is 36.6 Å². The van der Waals surface area contributed by atoms with Gasteiger partial charge in [0, 0.05) is 26.7 Å². The number of aromatic nitrogens is 3. The van der Waals surface area contributed by atoms with E-state index in [1.54, 1.807) is 14.1 Å². The SMILES string of the molecule is CNc1nc(NC)nc(NCCCCCC[Si](O)(O)O)n1. The lowest BCUT2D eigenvalue weighted by Gasteiger charge is -2.09. The highest BCUT2D eigenvalue weighted by Crippen LogP contribution is 2.10. The van der Waals surface area contributed by atoms with Crippen molar-refractivity contribution in [3.8, 4) is 0 Å². The fourth-order valence-electron chi connectivity index (χ4n) is 1.72. The van der Waals surface area contributed by atoms with Crippen molar-refractivity contribution in [3.05, 3.63) is 0 Å². The molecular weight excluding hydrogens is 292 g/mol. The lowest BCUT2D eigenvalue weighted by Crippen LogP contribution is -2.33. The monoisotopic (exact) mass is 316 g/mol. The highest BCUT2D eigenvalue weighted by molar-refractivity contribution is 6.56. The smallest absolute Gasteiger partial charge is 0.390 e. The quantitative estimate of drug-likeness (QED) is 0.257. The van der Waals surface area contributed by atoms with E-state index in [-0.39, 0.29) is 6.04 Å². The van der Waals surface area contributed by atoms with Gasteiger partial charge in [-0.2, -0.15) is 15.0 Å². The summed E-state index contributed by atoms with van der Waals surface area (Å²) in [5.74, 6) is 1.49. The van der Waals surface area contributed by atoms with Crippen LogP contribution in [0, 0.1) is 0 Å². The highest BCUT2D eigenvalue weighted by Gasteiger charge is 2.25. The van der Waals surface area contributed by atoms with Crippen molar-refractivity contribution in [2.24, 2.45) is 0 Å². The second kappa shape index (κ2) is 8.72. The molecule has 6 N–H and O–H groups in total. The zero-order valence-corrected chi connectivity index (χ0v) is 13.4. The van der Waals surface area contributed by atoms with Crippen molar-refractivity contribution in [3.63, 3.8) is 0 Å². The summed E-state index contributed by atoms with van der Waals surface area (Å²) in [6, 6.07) is 0.102. The van der Waals surface area contributed by atoms with Crippen LogP contribution in [-0.2, 0) is 0 Å². The molecule has 0 amide bonds. The van der Waals surface area contributed by atoms with Gasteiger partial charge in [0.15, 0.2) is 0 Å². The molecule has 21 heavy (non-hydrogen) atoms. The van der Waals surface area contributed by atoms with E-state index in [0.717, 1.165) is 25.8 Å². The summed E-state index contributed by atoms with van der Waals surface area (Å²) in [6.45, 7) is 0.719. The Labute approximate surface area is 125 Å². The molecular formula is C11H24N6O3Si. The molecule has 0 saturated carbocycles. The number of rotatable bonds is 10. The molecule has 1 rings (SSSR count). The summed E-state index contributed by atoms with van der Waals surface area (Å²) in [6.07, 6.45) is 3.31. The molecule has 0 aliphatic heterocycles. The lowest BCUT2D eigenvalue weighted by molar-refractivity contribution is 0.226. The molecule has 0 aromatic carbocycles. The number of unbranched alkanes of at least 4 members (excludes halogenated alkanes) is 3. The molecule has 1 aromatic heterocycles. The molecule has 0 aliphatic carbocycles. The Balaban J connectivity index is 2.23. The van der Waals surface area contributed by atoms with Crippen LogP contribution in [0.2, 0.25) is 6.04 Å². The summed E-state index contributed by atoms with van der Waals surface area (Å²) in [5.41, 5.74) is 0. The average Bonchev–Trinajstić information content (AvgIpc) is 2.44. The van der Waals surface area contributed by atoms with E-state index >= 15 is 0 Å². The van der Waals surface area contributed by atoms with Crippen molar-refractivity contribution in [2.45, 2.75) is 31.7 Å². The van der Waals surface area contributed by atoms with Gasteiger partial charge in [-0.1, -0.05) is 12.8 Å². The van der Waals surface area contributed by atoms with Gasteiger partial charge in [-0.15, -0.1) is 0 Å². The Bertz CT molecular complexity index is 407. The molecule has 0 atom stereocenters. The maximum atomic E-state index is 8.87. The third kappa shape index (κ3) is 7.75. The van der Waals surface area contributed by atoms with Crippen LogP contribution in [0.25, 0.3) is 0 Å². The van der Waals surface area contributed by atoms with Crippen LogP contribution in [-0.4, -0.2) is 58.8 Å². The summed E-state index contributed by atoms with van der Waals surface area (Å²) >= 11 is 0. The second-order valence-electron chi connectivity index (χ2n) is 4.67. The van der Waals surface area contributed by atoms with E-state index in [9.17, 15) is 0 Å². The normalized spacial score (nSPS) is 11.3. The van der Waals surface area contributed by atoms with Gasteiger partial charge in [0.25, 0.3) is 0 Å². The molecule has 1 aromatic rings. The molecule has 0 fully saturated rings. The van der Waals surface area contributed by atoms with Crippen LogP contribution in [0.3, 0.4) is 0 Å². The van der Waals surface area contributed by atoms with Gasteiger partial charge in [0.1, 0.15) is 0 Å². The second-order valence-corrected chi connectivity index (χ2v) is 6.72. The first-order valence-corrected chi connectivity index (χ1v) is 9.02.